The summed E-state index contributed by atoms with van der Waals surface area (Å²) in [7, 11) is 1.64. The van der Waals surface area contributed by atoms with Crippen molar-refractivity contribution in [1.82, 2.24) is 10.6 Å². The highest BCUT2D eigenvalue weighted by Crippen LogP contribution is 2.45. The largest absolute Gasteiger partial charge is 0.384 e. The van der Waals surface area contributed by atoms with Gasteiger partial charge in [-0.25, -0.2) is 0 Å². The lowest BCUT2D eigenvalue weighted by Crippen LogP contribution is -2.49. The highest BCUT2D eigenvalue weighted by atomic mass is 16.5. The van der Waals surface area contributed by atoms with Gasteiger partial charge in [0.15, 0.2) is 0 Å². The van der Waals surface area contributed by atoms with E-state index in [1.54, 1.807) is 7.11 Å². The molecule has 1 unspecified atom stereocenters. The fraction of sp³-hybridized carbons (Fsp3) is 0.923. The third-order valence-electron chi connectivity index (χ3n) is 4.37. The Kier molecular flexibility index (Phi) is 4.40. The molecular weight excluding hydrogens is 216 g/mol. The predicted octanol–water partition coefficient (Wildman–Crippen LogP) is 1.06. The van der Waals surface area contributed by atoms with Crippen molar-refractivity contribution in [3.8, 4) is 0 Å². The molecule has 1 spiro atoms. The summed E-state index contributed by atoms with van der Waals surface area (Å²) < 4.78 is 4.94. The number of nitrogens with one attached hydrogen (secondary N) is 2. The van der Waals surface area contributed by atoms with Gasteiger partial charge in [-0.15, -0.1) is 0 Å². The highest BCUT2D eigenvalue weighted by molar-refractivity contribution is 5.76. The van der Waals surface area contributed by atoms with E-state index in [1.807, 2.05) is 0 Å². The zero-order valence-electron chi connectivity index (χ0n) is 10.8. The SMILES string of the molecule is COCCC(=O)NC1CCCC12CCNCC2. The molecule has 0 aromatic rings. The first-order valence-electron chi connectivity index (χ1n) is 6.76. The van der Waals surface area contributed by atoms with E-state index in [1.165, 1.54) is 25.7 Å². The van der Waals surface area contributed by atoms with Gasteiger partial charge in [0, 0.05) is 19.6 Å². The summed E-state index contributed by atoms with van der Waals surface area (Å²) in [5.74, 6) is 0.150. The molecule has 4 nitrogen and oxygen atoms in total. The minimum Gasteiger partial charge on any atom is -0.384 e. The third kappa shape index (κ3) is 2.99. The van der Waals surface area contributed by atoms with Crippen molar-refractivity contribution in [2.75, 3.05) is 26.8 Å². The maximum Gasteiger partial charge on any atom is 0.222 e. The molecule has 1 amide bonds. The van der Waals surface area contributed by atoms with Gasteiger partial charge in [-0.05, 0) is 44.2 Å². The first-order valence-corrected chi connectivity index (χ1v) is 6.76. The van der Waals surface area contributed by atoms with Crippen LogP contribution in [-0.2, 0) is 9.53 Å². The molecule has 1 atom stereocenters. The van der Waals surface area contributed by atoms with E-state index in [9.17, 15) is 4.79 Å². The second-order valence-electron chi connectivity index (χ2n) is 5.37. The monoisotopic (exact) mass is 240 g/mol. The lowest BCUT2D eigenvalue weighted by molar-refractivity contribution is -0.123. The van der Waals surface area contributed by atoms with Gasteiger partial charge in [-0.3, -0.25) is 4.79 Å². The first-order chi connectivity index (χ1) is 8.27. The van der Waals surface area contributed by atoms with Crippen LogP contribution in [0.2, 0.25) is 0 Å². The molecule has 1 saturated carbocycles. The van der Waals surface area contributed by atoms with E-state index in [2.05, 4.69) is 10.6 Å². The maximum atomic E-state index is 11.8. The van der Waals surface area contributed by atoms with Crippen LogP contribution < -0.4 is 10.6 Å². The molecular formula is C13H24N2O2. The molecule has 1 heterocycles. The normalized spacial score (nSPS) is 27.2. The lowest BCUT2D eigenvalue weighted by Gasteiger charge is -2.39. The standard InChI is InChI=1S/C13H24N2O2/c1-17-10-4-12(16)15-11-3-2-5-13(11)6-8-14-9-7-13/h11,14H,2-10H2,1H3,(H,15,16). The molecule has 4 heteroatoms. The fourth-order valence-electron chi connectivity index (χ4n) is 3.35. The molecule has 2 N–H and O–H groups in total. The molecule has 1 saturated heterocycles. The number of carbonyl (C=O) groups is 1. The molecule has 1 aliphatic carbocycles. The quantitative estimate of drug-likeness (QED) is 0.772. The van der Waals surface area contributed by atoms with Gasteiger partial charge in [0.2, 0.25) is 5.91 Å². The number of hydrogen-bond acceptors (Lipinski definition) is 3. The molecule has 0 bridgehead atoms. The Bertz CT molecular complexity index is 262. The van der Waals surface area contributed by atoms with Crippen molar-refractivity contribution < 1.29 is 9.53 Å². The summed E-state index contributed by atoms with van der Waals surface area (Å²) in [6.45, 7) is 2.72. The molecule has 2 aliphatic rings. The van der Waals surface area contributed by atoms with Crippen LogP contribution >= 0.6 is 0 Å². The summed E-state index contributed by atoms with van der Waals surface area (Å²) in [5, 5.41) is 6.64. The van der Waals surface area contributed by atoms with Gasteiger partial charge in [-0.2, -0.15) is 0 Å². The van der Waals surface area contributed by atoms with Gasteiger partial charge in [0.25, 0.3) is 0 Å². The van der Waals surface area contributed by atoms with Gasteiger partial charge in [0.1, 0.15) is 0 Å². The minimum atomic E-state index is 0.150. The summed E-state index contributed by atoms with van der Waals surface area (Å²) in [5.41, 5.74) is 0.383. The fourth-order valence-corrected chi connectivity index (χ4v) is 3.35. The van der Waals surface area contributed by atoms with Gasteiger partial charge >= 0.3 is 0 Å². The smallest absolute Gasteiger partial charge is 0.222 e. The molecule has 0 aromatic heterocycles. The van der Waals surface area contributed by atoms with Crippen molar-refractivity contribution in [2.45, 2.75) is 44.6 Å². The predicted molar refractivity (Wildman–Crippen MR) is 66.8 cm³/mol. The van der Waals surface area contributed by atoms with Crippen molar-refractivity contribution in [2.24, 2.45) is 5.41 Å². The second-order valence-corrected chi connectivity index (χ2v) is 5.37. The Morgan fingerprint density at radius 2 is 2.18 bits per heavy atom. The van der Waals surface area contributed by atoms with Crippen molar-refractivity contribution in [1.29, 1.82) is 0 Å². The Balaban J connectivity index is 1.88. The zero-order chi connectivity index (χ0) is 12.1. The minimum absolute atomic E-state index is 0.150. The lowest BCUT2D eigenvalue weighted by atomic mass is 9.74. The summed E-state index contributed by atoms with van der Waals surface area (Å²) >= 11 is 0. The van der Waals surface area contributed by atoms with Gasteiger partial charge in [-0.1, -0.05) is 6.42 Å². The number of ether oxygens (including phenoxy) is 1. The van der Waals surface area contributed by atoms with Crippen LogP contribution in [-0.4, -0.2) is 38.8 Å². The highest BCUT2D eigenvalue weighted by Gasteiger charge is 2.43. The van der Waals surface area contributed by atoms with Crippen molar-refractivity contribution in [3.05, 3.63) is 0 Å². The number of piperidine rings is 1. The van der Waals surface area contributed by atoms with Crippen LogP contribution in [0.4, 0.5) is 0 Å². The summed E-state index contributed by atoms with van der Waals surface area (Å²) in [4.78, 5) is 11.8. The van der Waals surface area contributed by atoms with E-state index in [0.717, 1.165) is 19.5 Å². The molecule has 2 fully saturated rings. The number of methoxy groups -OCH3 is 1. The zero-order valence-corrected chi connectivity index (χ0v) is 10.8. The molecule has 0 radical (unpaired) electrons. The Morgan fingerprint density at radius 3 is 2.88 bits per heavy atom. The topological polar surface area (TPSA) is 50.4 Å². The summed E-state index contributed by atoms with van der Waals surface area (Å²) in [6, 6.07) is 0.397. The Morgan fingerprint density at radius 1 is 1.41 bits per heavy atom. The van der Waals surface area contributed by atoms with Crippen molar-refractivity contribution >= 4 is 5.91 Å². The van der Waals surface area contributed by atoms with Gasteiger partial charge < -0.3 is 15.4 Å². The average Bonchev–Trinajstić information content (AvgIpc) is 2.70. The number of amides is 1. The van der Waals surface area contributed by atoms with Crippen LogP contribution in [0.5, 0.6) is 0 Å². The van der Waals surface area contributed by atoms with Crippen LogP contribution in [0.15, 0.2) is 0 Å². The molecule has 2 rings (SSSR count). The first kappa shape index (κ1) is 12.8. The van der Waals surface area contributed by atoms with Crippen LogP contribution in [0.1, 0.15) is 38.5 Å². The van der Waals surface area contributed by atoms with E-state index in [4.69, 9.17) is 4.74 Å². The molecule has 98 valence electrons. The van der Waals surface area contributed by atoms with Crippen LogP contribution in [0.3, 0.4) is 0 Å². The molecule has 0 aromatic carbocycles. The number of hydrogen-bond donors (Lipinski definition) is 2. The van der Waals surface area contributed by atoms with Crippen LogP contribution in [0, 0.1) is 5.41 Å². The van der Waals surface area contributed by atoms with E-state index in [0.29, 0.717) is 24.5 Å². The summed E-state index contributed by atoms with van der Waals surface area (Å²) in [6.07, 6.45) is 6.60. The second kappa shape index (κ2) is 5.83. The molecule has 1 aliphatic heterocycles. The van der Waals surface area contributed by atoms with E-state index < -0.39 is 0 Å². The number of rotatable bonds is 4. The average molecular weight is 240 g/mol. The maximum absolute atomic E-state index is 11.8. The Hall–Kier alpha value is -0.610. The Labute approximate surface area is 103 Å². The van der Waals surface area contributed by atoms with E-state index >= 15 is 0 Å². The molecule has 17 heavy (non-hydrogen) atoms. The van der Waals surface area contributed by atoms with Crippen LogP contribution in [0.25, 0.3) is 0 Å². The van der Waals surface area contributed by atoms with E-state index in [-0.39, 0.29) is 5.91 Å². The van der Waals surface area contributed by atoms with Crippen molar-refractivity contribution in [3.63, 3.8) is 0 Å². The van der Waals surface area contributed by atoms with Gasteiger partial charge in [0.05, 0.1) is 6.61 Å². The number of carbonyl (C=O) groups excluding carboxylic acids is 1. The third-order valence-corrected chi connectivity index (χ3v) is 4.37.